The van der Waals surface area contributed by atoms with Crippen molar-refractivity contribution < 1.29 is 9.53 Å². The lowest BCUT2D eigenvalue weighted by atomic mass is 9.80. The van der Waals surface area contributed by atoms with Crippen molar-refractivity contribution in [1.29, 1.82) is 0 Å². The molecule has 4 rings (SSSR count). The van der Waals surface area contributed by atoms with Gasteiger partial charge in [-0.3, -0.25) is 4.79 Å². The van der Waals surface area contributed by atoms with Gasteiger partial charge in [-0.2, -0.15) is 0 Å². The summed E-state index contributed by atoms with van der Waals surface area (Å²) in [6.07, 6.45) is 2.92. The summed E-state index contributed by atoms with van der Waals surface area (Å²) in [4.78, 5) is 21.8. The van der Waals surface area contributed by atoms with Crippen LogP contribution in [0, 0.1) is 0 Å². The fourth-order valence-corrected chi connectivity index (χ4v) is 3.95. The molecule has 1 heterocycles. The summed E-state index contributed by atoms with van der Waals surface area (Å²) in [6.45, 7) is 7.23. The summed E-state index contributed by atoms with van der Waals surface area (Å²) in [5, 5.41) is 3.27. The molecule has 0 saturated heterocycles. The van der Waals surface area contributed by atoms with E-state index in [-0.39, 0.29) is 17.1 Å². The molecule has 3 aromatic rings. The number of hydrogen-bond donors (Lipinski definition) is 1. The second-order valence-electron chi connectivity index (χ2n) is 9.16. The number of benzene rings is 2. The third-order valence-electron chi connectivity index (χ3n) is 5.90. The van der Waals surface area contributed by atoms with Crippen LogP contribution in [0.1, 0.15) is 65.9 Å². The van der Waals surface area contributed by atoms with E-state index in [2.05, 4.69) is 60.3 Å². The highest BCUT2D eigenvalue weighted by Gasteiger charge is 2.28. The fraction of sp³-hybridized carbons (Fsp3) is 0.346. The lowest BCUT2D eigenvalue weighted by molar-refractivity contribution is 0.0962. The molecule has 1 aromatic heterocycles. The van der Waals surface area contributed by atoms with Gasteiger partial charge in [0.25, 0.3) is 0 Å². The maximum absolute atomic E-state index is 12.7. The molecule has 5 heteroatoms. The first-order valence-corrected chi connectivity index (χ1v) is 10.7. The van der Waals surface area contributed by atoms with Gasteiger partial charge in [-0.25, -0.2) is 9.97 Å². The van der Waals surface area contributed by atoms with Crippen LogP contribution in [0.25, 0.3) is 0 Å². The topological polar surface area (TPSA) is 64.1 Å². The van der Waals surface area contributed by atoms with E-state index in [1.54, 1.807) is 13.3 Å². The number of ether oxygens (including phenoxy) is 1. The van der Waals surface area contributed by atoms with Crippen LogP contribution in [0.3, 0.4) is 0 Å². The molecule has 0 bridgehead atoms. The first-order valence-electron chi connectivity index (χ1n) is 10.7. The number of nitrogens with one attached hydrogen (secondary N) is 1. The number of aromatic nitrogens is 2. The predicted octanol–water partition coefficient (Wildman–Crippen LogP) is 5.31. The van der Waals surface area contributed by atoms with Crippen LogP contribution in [0.5, 0.6) is 5.75 Å². The number of carbonyl (C=O) groups is 1. The number of hydrogen-bond acceptors (Lipinski definition) is 5. The van der Waals surface area contributed by atoms with Crippen molar-refractivity contribution in [2.45, 2.75) is 51.5 Å². The number of carbonyl (C=O) groups excluding carboxylic acids is 1. The smallest absolute Gasteiger partial charge is 0.223 e. The van der Waals surface area contributed by atoms with Crippen molar-refractivity contribution in [3.05, 3.63) is 82.7 Å². The summed E-state index contributed by atoms with van der Waals surface area (Å²) in [7, 11) is 1.65. The molecule has 0 amide bonds. The van der Waals surface area contributed by atoms with Gasteiger partial charge in [0.05, 0.1) is 18.4 Å². The van der Waals surface area contributed by atoms with E-state index in [9.17, 15) is 4.79 Å². The van der Waals surface area contributed by atoms with Crippen molar-refractivity contribution in [3.8, 4) is 5.75 Å². The van der Waals surface area contributed by atoms with Crippen LogP contribution in [-0.4, -0.2) is 22.9 Å². The molecule has 0 aliphatic heterocycles. The number of fused-ring (bicyclic) bond motifs is 1. The summed E-state index contributed by atoms with van der Waals surface area (Å²) in [5.74, 6) is 1.64. The second kappa shape index (κ2) is 8.50. The van der Waals surface area contributed by atoms with E-state index in [0.717, 1.165) is 23.4 Å². The van der Waals surface area contributed by atoms with Gasteiger partial charge in [0.2, 0.25) is 5.95 Å². The lowest BCUT2D eigenvalue weighted by Crippen LogP contribution is -2.21. The summed E-state index contributed by atoms with van der Waals surface area (Å²) in [5.41, 5.74) is 5.19. The minimum Gasteiger partial charge on any atom is -0.497 e. The molecule has 0 radical (unpaired) electrons. The number of methoxy groups -OCH3 is 1. The molecule has 1 aliphatic carbocycles. The van der Waals surface area contributed by atoms with Gasteiger partial charge >= 0.3 is 0 Å². The van der Waals surface area contributed by atoms with E-state index in [1.165, 1.54) is 11.1 Å². The molecule has 0 saturated carbocycles. The van der Waals surface area contributed by atoms with Gasteiger partial charge in [0, 0.05) is 19.2 Å². The van der Waals surface area contributed by atoms with Gasteiger partial charge in [-0.1, -0.05) is 57.2 Å². The van der Waals surface area contributed by atoms with Crippen LogP contribution in [0.15, 0.2) is 54.7 Å². The molecule has 1 N–H and O–H groups in total. The zero-order valence-electron chi connectivity index (χ0n) is 18.6. The van der Waals surface area contributed by atoms with Crippen LogP contribution in [0.4, 0.5) is 5.95 Å². The Balaban J connectivity index is 1.48. The number of rotatable bonds is 5. The zero-order valence-corrected chi connectivity index (χ0v) is 18.6. The fourth-order valence-electron chi connectivity index (χ4n) is 3.95. The van der Waals surface area contributed by atoms with E-state index in [0.29, 0.717) is 24.5 Å². The van der Waals surface area contributed by atoms with E-state index in [1.807, 2.05) is 24.3 Å². The Bertz CT molecular complexity index is 1070. The minimum atomic E-state index is 0.116. The summed E-state index contributed by atoms with van der Waals surface area (Å²) >= 11 is 0. The van der Waals surface area contributed by atoms with Crippen molar-refractivity contribution in [1.82, 2.24) is 9.97 Å². The van der Waals surface area contributed by atoms with E-state index < -0.39 is 0 Å². The molecular weight excluding hydrogens is 386 g/mol. The number of ketones is 1. The van der Waals surface area contributed by atoms with Crippen molar-refractivity contribution in [3.63, 3.8) is 0 Å². The van der Waals surface area contributed by atoms with E-state index >= 15 is 0 Å². The van der Waals surface area contributed by atoms with Crippen LogP contribution < -0.4 is 10.1 Å². The monoisotopic (exact) mass is 415 g/mol. The second-order valence-corrected chi connectivity index (χ2v) is 9.16. The Labute approximate surface area is 183 Å². The van der Waals surface area contributed by atoms with Crippen LogP contribution in [0.2, 0.25) is 0 Å². The zero-order chi connectivity index (χ0) is 22.0. The molecule has 5 nitrogen and oxygen atoms in total. The molecule has 31 heavy (non-hydrogen) atoms. The highest BCUT2D eigenvalue weighted by Crippen LogP contribution is 2.33. The highest BCUT2D eigenvalue weighted by atomic mass is 16.5. The molecule has 1 aliphatic rings. The Morgan fingerprint density at radius 3 is 2.39 bits per heavy atom. The van der Waals surface area contributed by atoms with E-state index in [4.69, 9.17) is 4.74 Å². The van der Waals surface area contributed by atoms with Gasteiger partial charge in [-0.05, 0) is 46.6 Å². The molecule has 1 atom stereocenters. The Morgan fingerprint density at radius 1 is 1.03 bits per heavy atom. The maximum atomic E-state index is 12.7. The Morgan fingerprint density at radius 2 is 1.74 bits per heavy atom. The van der Waals surface area contributed by atoms with Crippen molar-refractivity contribution >= 4 is 11.7 Å². The normalized spacial score (nSPS) is 16.0. The van der Waals surface area contributed by atoms with Gasteiger partial charge in [0.15, 0.2) is 5.78 Å². The van der Waals surface area contributed by atoms with Gasteiger partial charge in [0.1, 0.15) is 5.75 Å². The number of anilines is 1. The van der Waals surface area contributed by atoms with Crippen molar-refractivity contribution in [2.24, 2.45) is 0 Å². The molecule has 2 aromatic carbocycles. The summed E-state index contributed by atoms with van der Waals surface area (Å²) in [6, 6.07) is 16.5. The maximum Gasteiger partial charge on any atom is 0.223 e. The van der Waals surface area contributed by atoms with Crippen LogP contribution in [-0.2, 0) is 18.4 Å². The van der Waals surface area contributed by atoms with Gasteiger partial charge < -0.3 is 10.1 Å². The number of Topliss-reactive ketones (excluding diaryl/α,β-unsaturated/α-hetero) is 1. The number of nitrogens with zero attached hydrogens (tertiary/aromatic N) is 2. The van der Waals surface area contributed by atoms with Crippen LogP contribution >= 0.6 is 0 Å². The third kappa shape index (κ3) is 4.76. The molecule has 0 fully saturated rings. The largest absolute Gasteiger partial charge is 0.497 e. The third-order valence-corrected chi connectivity index (χ3v) is 5.90. The molecule has 160 valence electrons. The first-order chi connectivity index (χ1) is 14.8. The standard InChI is InChI=1S/C26H29N3O2/c1-26(2,3)20-9-7-18(8-10-20)19-13-23-22(24(30)14-19)16-28-25(29-23)27-15-17-5-11-21(31-4)12-6-17/h5-12,16,19H,13-15H2,1-4H3,(H,27,28,29)/t19-/m1/s1. The van der Waals surface area contributed by atoms with Gasteiger partial charge in [-0.15, -0.1) is 0 Å². The highest BCUT2D eigenvalue weighted by molar-refractivity contribution is 5.98. The predicted molar refractivity (Wildman–Crippen MR) is 123 cm³/mol. The molecule has 0 unspecified atom stereocenters. The lowest BCUT2D eigenvalue weighted by Gasteiger charge is -2.25. The minimum absolute atomic E-state index is 0.116. The molecular formula is C26H29N3O2. The molecule has 0 spiro atoms. The first kappa shape index (κ1) is 21.0. The Hall–Kier alpha value is -3.21. The Kier molecular flexibility index (Phi) is 5.77. The van der Waals surface area contributed by atoms with Crippen molar-refractivity contribution in [2.75, 3.05) is 12.4 Å². The SMILES string of the molecule is COc1ccc(CNc2ncc3c(n2)C[C@@H](c2ccc(C(C)(C)C)cc2)CC3=O)cc1. The average molecular weight is 416 g/mol. The summed E-state index contributed by atoms with van der Waals surface area (Å²) < 4.78 is 5.20. The quantitative estimate of drug-likeness (QED) is 0.612. The average Bonchev–Trinajstić information content (AvgIpc) is 2.77.